The fourth-order valence-electron chi connectivity index (χ4n) is 3.91. The molecule has 1 N–H and O–H groups in total. The van der Waals surface area contributed by atoms with E-state index in [1.54, 1.807) is 24.3 Å². The summed E-state index contributed by atoms with van der Waals surface area (Å²) in [7, 11) is 0. The second kappa shape index (κ2) is 8.57. The van der Waals surface area contributed by atoms with Crippen LogP contribution in [0.5, 0.6) is 0 Å². The highest BCUT2D eigenvalue weighted by atomic mass is 32.1. The van der Waals surface area contributed by atoms with Gasteiger partial charge in [0.05, 0.1) is 10.2 Å². The average molecular weight is 470 g/mol. The first-order valence-electron chi connectivity index (χ1n) is 10.5. The molecule has 7 nitrogen and oxygen atoms in total. The van der Waals surface area contributed by atoms with Crippen LogP contribution < -0.4 is 15.7 Å². The van der Waals surface area contributed by atoms with E-state index < -0.39 is 11.5 Å². The first kappa shape index (κ1) is 21.5. The number of allylic oxidation sites excluding steroid dienone is 1. The van der Waals surface area contributed by atoms with Crippen molar-refractivity contribution in [2.45, 2.75) is 13.5 Å². The molecule has 2 aromatic heterocycles. The van der Waals surface area contributed by atoms with Gasteiger partial charge in [-0.15, -0.1) is 6.58 Å². The van der Waals surface area contributed by atoms with E-state index in [-0.39, 0.29) is 11.5 Å². The average Bonchev–Trinajstić information content (AvgIpc) is 3.14. The van der Waals surface area contributed by atoms with Gasteiger partial charge in [-0.3, -0.25) is 9.59 Å². The minimum absolute atomic E-state index is 0.134. The summed E-state index contributed by atoms with van der Waals surface area (Å²) in [6.45, 7) is 5.65. The van der Waals surface area contributed by atoms with Crippen molar-refractivity contribution in [3.05, 3.63) is 94.1 Å². The largest absolute Gasteiger partial charge is 0.422 e. The van der Waals surface area contributed by atoms with E-state index in [9.17, 15) is 14.4 Å². The summed E-state index contributed by atoms with van der Waals surface area (Å²) in [4.78, 5) is 41.9. The number of aromatic nitrogens is 1. The molecule has 0 aliphatic rings. The highest BCUT2D eigenvalue weighted by Crippen LogP contribution is 2.25. The van der Waals surface area contributed by atoms with Gasteiger partial charge in [0.25, 0.3) is 5.91 Å². The zero-order valence-corrected chi connectivity index (χ0v) is 19.0. The minimum atomic E-state index is -0.735. The molecule has 0 bridgehead atoms. The summed E-state index contributed by atoms with van der Waals surface area (Å²) in [6, 6.07) is 18.3. The van der Waals surface area contributed by atoms with Crippen LogP contribution in [0.2, 0.25) is 0 Å². The topological polar surface area (TPSA) is 93.7 Å². The standard InChI is InChI=1S/C26H19N3O4S/c1-3-12-29-21-10-9-17(27-15(2)30)13-23(21)34-26(29)28-24(31)20-14-19-18-7-5-4-6-16(18)8-11-22(19)33-25(20)32/h3-11,13-14H,1,12H2,2H3,(H,27,30). The summed E-state index contributed by atoms with van der Waals surface area (Å²) < 4.78 is 8.12. The lowest BCUT2D eigenvalue weighted by Crippen LogP contribution is -2.19. The normalized spacial score (nSPS) is 11.9. The molecule has 0 aliphatic carbocycles. The summed E-state index contributed by atoms with van der Waals surface area (Å²) in [5.74, 6) is -0.861. The second-order valence-electron chi connectivity index (χ2n) is 7.71. The van der Waals surface area contributed by atoms with Gasteiger partial charge in [-0.2, -0.15) is 4.99 Å². The van der Waals surface area contributed by atoms with E-state index in [0.29, 0.717) is 28.0 Å². The Hall–Kier alpha value is -4.30. The van der Waals surface area contributed by atoms with Gasteiger partial charge in [0.1, 0.15) is 11.1 Å². The number of anilines is 1. The molecule has 168 valence electrons. The van der Waals surface area contributed by atoms with Crippen molar-refractivity contribution in [3.8, 4) is 0 Å². The predicted molar refractivity (Wildman–Crippen MR) is 134 cm³/mol. The number of thiazole rings is 1. The van der Waals surface area contributed by atoms with Gasteiger partial charge in [-0.05, 0) is 41.1 Å². The van der Waals surface area contributed by atoms with Gasteiger partial charge >= 0.3 is 5.63 Å². The Morgan fingerprint density at radius 2 is 1.94 bits per heavy atom. The van der Waals surface area contributed by atoms with E-state index in [1.165, 1.54) is 18.3 Å². The van der Waals surface area contributed by atoms with E-state index in [4.69, 9.17) is 4.42 Å². The third-order valence-corrected chi connectivity index (χ3v) is 6.43. The maximum absolute atomic E-state index is 13.1. The van der Waals surface area contributed by atoms with Crippen LogP contribution in [0.4, 0.5) is 5.69 Å². The lowest BCUT2D eigenvalue weighted by atomic mass is 10.0. The number of carbonyl (C=O) groups is 2. The first-order valence-corrected chi connectivity index (χ1v) is 11.3. The molecule has 2 amide bonds. The molecular formula is C26H19N3O4S. The van der Waals surface area contributed by atoms with Crippen LogP contribution in [0.1, 0.15) is 17.3 Å². The highest BCUT2D eigenvalue weighted by molar-refractivity contribution is 7.16. The monoisotopic (exact) mass is 469 g/mol. The number of benzene rings is 3. The van der Waals surface area contributed by atoms with E-state index >= 15 is 0 Å². The number of rotatable bonds is 4. The Balaban J connectivity index is 1.67. The number of nitrogens with one attached hydrogen (secondary N) is 1. The summed E-state index contributed by atoms with van der Waals surface area (Å²) >= 11 is 1.28. The number of fused-ring (bicyclic) bond motifs is 4. The van der Waals surface area contributed by atoms with Gasteiger partial charge in [-0.1, -0.05) is 47.7 Å². The molecule has 0 saturated heterocycles. The third kappa shape index (κ3) is 3.84. The minimum Gasteiger partial charge on any atom is -0.422 e. The molecule has 0 unspecified atom stereocenters. The molecule has 0 spiro atoms. The Bertz CT molecular complexity index is 1760. The fourth-order valence-corrected chi connectivity index (χ4v) is 4.99. The molecular weight excluding hydrogens is 450 g/mol. The van der Waals surface area contributed by atoms with Crippen LogP contribution in [0.3, 0.4) is 0 Å². The van der Waals surface area contributed by atoms with Crippen LogP contribution in [0.25, 0.3) is 32.0 Å². The van der Waals surface area contributed by atoms with Crippen LogP contribution in [0, 0.1) is 0 Å². The predicted octanol–water partition coefficient (Wildman–Crippen LogP) is 4.85. The Morgan fingerprint density at radius 3 is 2.74 bits per heavy atom. The van der Waals surface area contributed by atoms with Crippen molar-refractivity contribution >= 4 is 60.8 Å². The number of amides is 2. The fraction of sp³-hybridized carbons (Fsp3) is 0.0769. The molecule has 0 atom stereocenters. The van der Waals surface area contributed by atoms with Crippen LogP contribution in [0.15, 0.2) is 87.5 Å². The Labute approximate surface area is 197 Å². The molecule has 34 heavy (non-hydrogen) atoms. The lowest BCUT2D eigenvalue weighted by molar-refractivity contribution is -0.114. The zero-order valence-electron chi connectivity index (χ0n) is 18.2. The van der Waals surface area contributed by atoms with Crippen LogP contribution >= 0.6 is 11.3 Å². The molecule has 8 heteroatoms. The Kier molecular flexibility index (Phi) is 5.43. The molecule has 3 aromatic carbocycles. The van der Waals surface area contributed by atoms with E-state index in [2.05, 4.69) is 16.9 Å². The van der Waals surface area contributed by atoms with Gasteiger partial charge in [0, 0.05) is 24.5 Å². The van der Waals surface area contributed by atoms with Gasteiger partial charge in [-0.25, -0.2) is 4.79 Å². The number of hydrogen-bond acceptors (Lipinski definition) is 5. The molecule has 5 rings (SSSR count). The SMILES string of the molecule is C=CCn1c(=NC(=O)c2cc3c(ccc4ccccc43)oc2=O)sc2cc(NC(C)=O)ccc21. The summed E-state index contributed by atoms with van der Waals surface area (Å²) in [5, 5.41) is 5.28. The molecule has 0 saturated carbocycles. The van der Waals surface area contributed by atoms with E-state index in [0.717, 1.165) is 21.0 Å². The maximum Gasteiger partial charge on any atom is 0.349 e. The van der Waals surface area contributed by atoms with Gasteiger partial charge in [0.2, 0.25) is 5.91 Å². The maximum atomic E-state index is 13.1. The Morgan fingerprint density at radius 1 is 1.12 bits per heavy atom. The van der Waals surface area contributed by atoms with Crippen LogP contribution in [-0.4, -0.2) is 16.4 Å². The van der Waals surface area contributed by atoms with Crippen molar-refractivity contribution in [2.75, 3.05) is 5.32 Å². The van der Waals surface area contributed by atoms with Crippen LogP contribution in [-0.2, 0) is 11.3 Å². The van der Waals surface area contributed by atoms with Crippen molar-refractivity contribution in [3.63, 3.8) is 0 Å². The van der Waals surface area contributed by atoms with Crippen molar-refractivity contribution < 1.29 is 14.0 Å². The quantitative estimate of drug-likeness (QED) is 0.231. The van der Waals surface area contributed by atoms with E-state index in [1.807, 2.05) is 47.0 Å². The zero-order chi connectivity index (χ0) is 23.8. The number of carbonyl (C=O) groups excluding carboxylic acids is 2. The van der Waals surface area contributed by atoms with Crippen molar-refractivity contribution in [1.29, 1.82) is 0 Å². The summed E-state index contributed by atoms with van der Waals surface area (Å²) in [5.41, 5.74) is 1.02. The third-order valence-electron chi connectivity index (χ3n) is 5.38. The molecule has 2 heterocycles. The first-order chi connectivity index (χ1) is 16.4. The molecule has 0 aliphatic heterocycles. The number of nitrogens with zero attached hydrogens (tertiary/aromatic N) is 2. The molecule has 0 radical (unpaired) electrons. The summed E-state index contributed by atoms with van der Waals surface area (Å²) in [6.07, 6.45) is 1.70. The van der Waals surface area contributed by atoms with Gasteiger partial charge in [0.15, 0.2) is 4.80 Å². The molecule has 5 aromatic rings. The highest BCUT2D eigenvalue weighted by Gasteiger charge is 2.16. The number of hydrogen-bond donors (Lipinski definition) is 1. The molecule has 0 fully saturated rings. The van der Waals surface area contributed by atoms with Crippen molar-refractivity contribution in [2.24, 2.45) is 4.99 Å². The smallest absolute Gasteiger partial charge is 0.349 e. The van der Waals surface area contributed by atoms with Gasteiger partial charge < -0.3 is 14.3 Å². The lowest BCUT2D eigenvalue weighted by Gasteiger charge is -2.04. The van der Waals surface area contributed by atoms with Crippen molar-refractivity contribution in [1.82, 2.24) is 4.57 Å². The second-order valence-corrected chi connectivity index (χ2v) is 8.72.